The van der Waals surface area contributed by atoms with Crippen molar-refractivity contribution in [2.75, 3.05) is 7.11 Å². The van der Waals surface area contributed by atoms with Gasteiger partial charge < -0.3 is 9.47 Å². The maximum atomic E-state index is 11.2. The minimum atomic E-state index is -0.991. The van der Waals surface area contributed by atoms with E-state index in [4.69, 9.17) is 4.74 Å². The molecule has 0 N–H and O–H groups in total. The minimum absolute atomic E-state index is 0.0509. The Morgan fingerprint density at radius 1 is 1.00 bits per heavy atom. The van der Waals surface area contributed by atoms with Crippen LogP contribution < -0.4 is 0 Å². The van der Waals surface area contributed by atoms with E-state index in [-0.39, 0.29) is 6.61 Å². The highest BCUT2D eigenvalue weighted by Crippen LogP contribution is 2.19. The number of carbonyl (C=O) groups is 2. The zero-order valence-electron chi connectivity index (χ0n) is 9.88. The van der Waals surface area contributed by atoms with Crippen LogP contribution in [0.1, 0.15) is 5.56 Å². The normalized spacial score (nSPS) is 10.1. The molecule has 2 aromatic carbocycles. The summed E-state index contributed by atoms with van der Waals surface area (Å²) in [4.78, 5) is 22.1. The topological polar surface area (TPSA) is 52.6 Å². The molecule has 0 amide bonds. The van der Waals surface area contributed by atoms with Gasteiger partial charge in [-0.2, -0.15) is 0 Å². The number of hydrogen-bond donors (Lipinski definition) is 0. The van der Waals surface area contributed by atoms with E-state index in [1.807, 2.05) is 42.5 Å². The standard InChI is InChI=1S/C14H12O4/c1-17-13(15)14(16)18-9-11-7-4-6-10-5-2-3-8-12(10)11/h2-8H,9H2,1H3. The summed E-state index contributed by atoms with van der Waals surface area (Å²) in [6.45, 7) is 0.0509. The van der Waals surface area contributed by atoms with Gasteiger partial charge in [-0.1, -0.05) is 42.5 Å². The second-order valence-electron chi connectivity index (χ2n) is 3.71. The SMILES string of the molecule is COC(=O)C(=O)OCc1cccc2ccccc12. The van der Waals surface area contributed by atoms with Gasteiger partial charge in [0.15, 0.2) is 0 Å². The monoisotopic (exact) mass is 244 g/mol. The molecule has 92 valence electrons. The quantitative estimate of drug-likeness (QED) is 0.599. The van der Waals surface area contributed by atoms with Crippen LogP contribution in [0.3, 0.4) is 0 Å². The van der Waals surface area contributed by atoms with Crippen molar-refractivity contribution in [3.05, 3.63) is 48.0 Å². The summed E-state index contributed by atoms with van der Waals surface area (Å²) in [7, 11) is 1.14. The third-order valence-electron chi connectivity index (χ3n) is 2.59. The summed E-state index contributed by atoms with van der Waals surface area (Å²) in [5.74, 6) is -1.97. The number of rotatable bonds is 2. The largest absolute Gasteiger partial charge is 0.461 e. The average molecular weight is 244 g/mol. The van der Waals surface area contributed by atoms with Gasteiger partial charge in [-0.3, -0.25) is 0 Å². The van der Waals surface area contributed by atoms with E-state index >= 15 is 0 Å². The van der Waals surface area contributed by atoms with E-state index in [0.717, 1.165) is 23.4 Å². The summed E-state index contributed by atoms with van der Waals surface area (Å²) < 4.78 is 9.15. The van der Waals surface area contributed by atoms with Gasteiger partial charge in [-0.25, -0.2) is 9.59 Å². The van der Waals surface area contributed by atoms with Crippen molar-refractivity contribution in [2.45, 2.75) is 6.61 Å². The molecule has 18 heavy (non-hydrogen) atoms. The molecule has 2 rings (SSSR count). The summed E-state index contributed by atoms with van der Waals surface area (Å²) in [5.41, 5.74) is 0.852. The number of hydrogen-bond acceptors (Lipinski definition) is 4. The summed E-state index contributed by atoms with van der Waals surface area (Å²) in [6, 6.07) is 13.5. The molecule has 4 heteroatoms. The highest BCUT2D eigenvalue weighted by atomic mass is 16.6. The smallest absolute Gasteiger partial charge is 0.417 e. The van der Waals surface area contributed by atoms with Crippen molar-refractivity contribution in [1.82, 2.24) is 0 Å². The van der Waals surface area contributed by atoms with Gasteiger partial charge in [0.1, 0.15) is 6.61 Å². The highest BCUT2D eigenvalue weighted by Gasteiger charge is 2.15. The minimum Gasteiger partial charge on any atom is -0.461 e. The summed E-state index contributed by atoms with van der Waals surface area (Å²) >= 11 is 0. The fourth-order valence-corrected chi connectivity index (χ4v) is 1.70. The molecule has 0 radical (unpaired) electrons. The maximum Gasteiger partial charge on any atom is 0.417 e. The Balaban J connectivity index is 2.17. The Kier molecular flexibility index (Phi) is 3.57. The van der Waals surface area contributed by atoms with E-state index in [1.165, 1.54) is 0 Å². The lowest BCUT2D eigenvalue weighted by atomic mass is 10.1. The Morgan fingerprint density at radius 2 is 1.72 bits per heavy atom. The first-order valence-corrected chi connectivity index (χ1v) is 5.44. The Labute approximate surface area is 104 Å². The van der Waals surface area contributed by atoms with Crippen LogP contribution in [0, 0.1) is 0 Å². The third-order valence-corrected chi connectivity index (χ3v) is 2.59. The van der Waals surface area contributed by atoms with Crippen molar-refractivity contribution in [3.63, 3.8) is 0 Å². The molecular weight excluding hydrogens is 232 g/mol. The second-order valence-corrected chi connectivity index (χ2v) is 3.71. The van der Waals surface area contributed by atoms with Crippen molar-refractivity contribution in [1.29, 1.82) is 0 Å². The van der Waals surface area contributed by atoms with Gasteiger partial charge >= 0.3 is 11.9 Å². The Bertz CT molecular complexity index is 584. The van der Waals surface area contributed by atoms with Crippen molar-refractivity contribution in [3.8, 4) is 0 Å². The van der Waals surface area contributed by atoms with Gasteiger partial charge in [0.05, 0.1) is 7.11 Å². The molecule has 0 saturated carbocycles. The molecule has 2 aromatic rings. The predicted octanol–water partition coefficient (Wildman–Crippen LogP) is 2.06. The lowest BCUT2D eigenvalue weighted by Crippen LogP contribution is -2.18. The maximum absolute atomic E-state index is 11.2. The van der Waals surface area contributed by atoms with E-state index in [9.17, 15) is 9.59 Å². The molecular formula is C14H12O4. The zero-order chi connectivity index (χ0) is 13.0. The molecule has 0 heterocycles. The van der Waals surface area contributed by atoms with Crippen molar-refractivity contribution >= 4 is 22.7 Å². The van der Waals surface area contributed by atoms with Gasteiger partial charge in [-0.15, -0.1) is 0 Å². The van der Waals surface area contributed by atoms with Crippen LogP contribution in [0.25, 0.3) is 10.8 Å². The first-order chi connectivity index (χ1) is 8.72. The van der Waals surface area contributed by atoms with Crippen LogP contribution in [0.15, 0.2) is 42.5 Å². The molecule has 0 aromatic heterocycles. The molecule has 0 atom stereocenters. The van der Waals surface area contributed by atoms with Crippen molar-refractivity contribution < 1.29 is 19.1 Å². The van der Waals surface area contributed by atoms with Crippen molar-refractivity contribution in [2.24, 2.45) is 0 Å². The first kappa shape index (κ1) is 12.1. The fraction of sp³-hybridized carbons (Fsp3) is 0.143. The van der Waals surface area contributed by atoms with Crippen LogP contribution in [0.2, 0.25) is 0 Å². The summed E-state index contributed by atoms with van der Waals surface area (Å²) in [5, 5.41) is 2.06. The second kappa shape index (κ2) is 5.31. The van der Waals surface area contributed by atoms with E-state index in [1.54, 1.807) is 0 Å². The molecule has 0 fully saturated rings. The van der Waals surface area contributed by atoms with Crippen LogP contribution >= 0.6 is 0 Å². The van der Waals surface area contributed by atoms with Crippen LogP contribution in [0.5, 0.6) is 0 Å². The van der Waals surface area contributed by atoms with E-state index in [2.05, 4.69) is 4.74 Å². The third kappa shape index (κ3) is 2.48. The Hall–Kier alpha value is -2.36. The lowest BCUT2D eigenvalue weighted by Gasteiger charge is -2.06. The number of fused-ring (bicyclic) bond motifs is 1. The average Bonchev–Trinajstić information content (AvgIpc) is 2.43. The molecule has 0 bridgehead atoms. The Morgan fingerprint density at radius 3 is 2.50 bits per heavy atom. The molecule has 0 spiro atoms. The van der Waals surface area contributed by atoms with Gasteiger partial charge in [0, 0.05) is 0 Å². The van der Waals surface area contributed by atoms with E-state index in [0.29, 0.717) is 0 Å². The number of methoxy groups -OCH3 is 1. The molecule has 0 aliphatic carbocycles. The number of esters is 2. The molecule has 0 saturated heterocycles. The fourth-order valence-electron chi connectivity index (χ4n) is 1.70. The number of benzene rings is 2. The summed E-state index contributed by atoms with van der Waals surface area (Å²) in [6.07, 6.45) is 0. The number of carbonyl (C=O) groups excluding carboxylic acids is 2. The molecule has 0 aliphatic heterocycles. The highest BCUT2D eigenvalue weighted by molar-refractivity contribution is 6.29. The predicted molar refractivity (Wildman–Crippen MR) is 65.8 cm³/mol. The molecule has 4 nitrogen and oxygen atoms in total. The van der Waals surface area contributed by atoms with Gasteiger partial charge in [-0.05, 0) is 16.3 Å². The molecule has 0 aliphatic rings. The van der Waals surface area contributed by atoms with Crippen LogP contribution in [-0.4, -0.2) is 19.0 Å². The molecule has 0 unspecified atom stereocenters. The van der Waals surface area contributed by atoms with E-state index < -0.39 is 11.9 Å². The van der Waals surface area contributed by atoms with Crippen LogP contribution in [0.4, 0.5) is 0 Å². The van der Waals surface area contributed by atoms with Gasteiger partial charge in [0.2, 0.25) is 0 Å². The first-order valence-electron chi connectivity index (χ1n) is 5.44. The van der Waals surface area contributed by atoms with Crippen LogP contribution in [-0.2, 0) is 25.7 Å². The lowest BCUT2D eigenvalue weighted by molar-refractivity contribution is -0.166. The van der Waals surface area contributed by atoms with Gasteiger partial charge in [0.25, 0.3) is 0 Å². The number of ether oxygens (including phenoxy) is 2. The zero-order valence-corrected chi connectivity index (χ0v) is 9.88.